The molecular weight excluding hydrogens is 171 g/mol. The number of benzene rings is 1. The van der Waals surface area contributed by atoms with Gasteiger partial charge in [0.2, 0.25) is 0 Å². The Morgan fingerprint density at radius 2 is 2.15 bits per heavy atom. The molecule has 0 heterocycles. The van der Waals surface area contributed by atoms with Gasteiger partial charge in [-0.25, -0.2) is 4.39 Å². The summed E-state index contributed by atoms with van der Waals surface area (Å²) in [5.74, 6) is -0.0949. The number of hydrogen-bond donors (Lipinski definition) is 1. The zero-order valence-corrected chi connectivity index (χ0v) is 7.80. The van der Waals surface area contributed by atoms with Gasteiger partial charge in [-0.15, -0.1) is 0 Å². The van der Waals surface area contributed by atoms with E-state index in [1.165, 1.54) is 7.11 Å². The molecule has 1 N–H and O–H groups in total. The van der Waals surface area contributed by atoms with Gasteiger partial charge in [0.25, 0.3) is 0 Å². The van der Waals surface area contributed by atoms with Crippen LogP contribution in [0.1, 0.15) is 11.1 Å². The molecule has 0 atom stereocenters. The first-order valence-corrected chi connectivity index (χ1v) is 4.13. The third-order valence-corrected chi connectivity index (χ3v) is 1.96. The molecule has 1 aromatic rings. The van der Waals surface area contributed by atoms with Crippen molar-refractivity contribution in [3.8, 4) is 5.75 Å². The van der Waals surface area contributed by atoms with Crippen molar-refractivity contribution in [1.82, 2.24) is 0 Å². The average molecular weight is 184 g/mol. The molecule has 0 saturated heterocycles. The fourth-order valence-corrected chi connectivity index (χ4v) is 1.23. The van der Waals surface area contributed by atoms with Crippen LogP contribution in [0.3, 0.4) is 0 Å². The SMILES string of the molecule is COc1c(CCO)ccc(C)c1F. The van der Waals surface area contributed by atoms with E-state index in [1.807, 2.05) is 0 Å². The average Bonchev–Trinajstić information content (AvgIpc) is 2.12. The van der Waals surface area contributed by atoms with E-state index >= 15 is 0 Å². The summed E-state index contributed by atoms with van der Waals surface area (Å²) in [7, 11) is 1.43. The number of hydrogen-bond acceptors (Lipinski definition) is 2. The first-order valence-electron chi connectivity index (χ1n) is 4.13. The molecule has 72 valence electrons. The molecule has 0 unspecified atom stereocenters. The number of rotatable bonds is 3. The van der Waals surface area contributed by atoms with E-state index in [9.17, 15) is 4.39 Å². The van der Waals surface area contributed by atoms with E-state index in [0.29, 0.717) is 17.5 Å². The quantitative estimate of drug-likeness (QED) is 0.774. The van der Waals surface area contributed by atoms with Crippen LogP contribution in [0, 0.1) is 12.7 Å². The summed E-state index contributed by atoms with van der Waals surface area (Å²) < 4.78 is 18.3. The van der Waals surface area contributed by atoms with Gasteiger partial charge in [-0.1, -0.05) is 12.1 Å². The maximum Gasteiger partial charge on any atom is 0.168 e. The normalized spacial score (nSPS) is 10.2. The Morgan fingerprint density at radius 3 is 2.69 bits per heavy atom. The van der Waals surface area contributed by atoms with E-state index in [2.05, 4.69) is 0 Å². The fourth-order valence-electron chi connectivity index (χ4n) is 1.23. The van der Waals surface area contributed by atoms with Crippen LogP contribution in [-0.2, 0) is 6.42 Å². The van der Waals surface area contributed by atoms with Crippen LogP contribution in [0.2, 0.25) is 0 Å². The molecule has 0 bridgehead atoms. The summed E-state index contributed by atoms with van der Waals surface area (Å²) >= 11 is 0. The minimum absolute atomic E-state index is 0.00113. The van der Waals surface area contributed by atoms with Crippen molar-refractivity contribution >= 4 is 0 Å². The summed E-state index contributed by atoms with van der Waals surface area (Å²) in [6.45, 7) is 1.68. The highest BCUT2D eigenvalue weighted by molar-refractivity contribution is 5.39. The molecule has 0 aliphatic heterocycles. The van der Waals surface area contributed by atoms with Crippen LogP contribution in [0.25, 0.3) is 0 Å². The van der Waals surface area contributed by atoms with Crippen molar-refractivity contribution in [2.45, 2.75) is 13.3 Å². The molecule has 0 aliphatic carbocycles. The van der Waals surface area contributed by atoms with E-state index in [4.69, 9.17) is 9.84 Å². The van der Waals surface area contributed by atoms with Crippen LogP contribution in [-0.4, -0.2) is 18.8 Å². The van der Waals surface area contributed by atoms with Crippen LogP contribution in [0.15, 0.2) is 12.1 Å². The summed E-state index contributed by atoms with van der Waals surface area (Å²) in [4.78, 5) is 0. The second-order valence-electron chi connectivity index (χ2n) is 2.86. The van der Waals surface area contributed by atoms with Crippen LogP contribution in [0.4, 0.5) is 4.39 Å². The van der Waals surface area contributed by atoms with Gasteiger partial charge in [0.1, 0.15) is 0 Å². The first-order chi connectivity index (χ1) is 6.20. The van der Waals surface area contributed by atoms with E-state index in [-0.39, 0.29) is 18.2 Å². The van der Waals surface area contributed by atoms with Crippen molar-refractivity contribution in [2.24, 2.45) is 0 Å². The molecule has 13 heavy (non-hydrogen) atoms. The fraction of sp³-hybridized carbons (Fsp3) is 0.400. The van der Waals surface area contributed by atoms with Crippen LogP contribution < -0.4 is 4.74 Å². The number of aliphatic hydroxyl groups is 1. The maximum atomic E-state index is 13.4. The molecule has 0 radical (unpaired) electrons. The summed E-state index contributed by atoms with van der Waals surface area (Å²) in [6.07, 6.45) is 0.417. The lowest BCUT2D eigenvalue weighted by molar-refractivity contribution is 0.295. The summed E-state index contributed by atoms with van der Waals surface area (Å²) in [6, 6.07) is 3.45. The smallest absolute Gasteiger partial charge is 0.168 e. The standard InChI is InChI=1S/C10H13FO2/c1-7-3-4-8(5-6-12)10(13-2)9(7)11/h3-4,12H,5-6H2,1-2H3. The second-order valence-corrected chi connectivity index (χ2v) is 2.86. The molecular formula is C10H13FO2. The summed E-state index contributed by atoms with van der Waals surface area (Å²) in [5, 5.41) is 8.72. The Labute approximate surface area is 77.0 Å². The van der Waals surface area contributed by atoms with Gasteiger partial charge in [-0.3, -0.25) is 0 Å². The Bertz CT molecular complexity index is 297. The van der Waals surface area contributed by atoms with Crippen LogP contribution in [0.5, 0.6) is 5.75 Å². The van der Waals surface area contributed by atoms with Gasteiger partial charge in [0, 0.05) is 6.61 Å². The lowest BCUT2D eigenvalue weighted by Gasteiger charge is -2.09. The molecule has 1 aromatic carbocycles. The highest BCUT2D eigenvalue weighted by atomic mass is 19.1. The molecule has 3 heteroatoms. The first kappa shape index (κ1) is 9.99. The third kappa shape index (κ3) is 1.98. The highest BCUT2D eigenvalue weighted by Crippen LogP contribution is 2.25. The number of ether oxygens (including phenoxy) is 1. The number of aryl methyl sites for hydroxylation is 1. The van der Waals surface area contributed by atoms with E-state index < -0.39 is 0 Å². The minimum atomic E-state index is -0.339. The lowest BCUT2D eigenvalue weighted by Crippen LogP contribution is -1.99. The van der Waals surface area contributed by atoms with E-state index in [0.717, 1.165) is 0 Å². The van der Waals surface area contributed by atoms with Crippen molar-refractivity contribution in [3.63, 3.8) is 0 Å². The molecule has 2 nitrogen and oxygen atoms in total. The molecule has 0 saturated carbocycles. The molecule has 0 spiro atoms. The van der Waals surface area contributed by atoms with Gasteiger partial charge >= 0.3 is 0 Å². The Balaban J connectivity index is 3.13. The predicted octanol–water partition coefficient (Wildman–Crippen LogP) is 1.68. The predicted molar refractivity (Wildman–Crippen MR) is 48.5 cm³/mol. The molecule has 0 fully saturated rings. The van der Waals surface area contributed by atoms with Gasteiger partial charge in [-0.05, 0) is 24.5 Å². The molecule has 0 aliphatic rings. The van der Waals surface area contributed by atoms with Gasteiger partial charge in [0.15, 0.2) is 11.6 Å². The Morgan fingerprint density at radius 1 is 1.46 bits per heavy atom. The van der Waals surface area contributed by atoms with Crippen molar-refractivity contribution in [1.29, 1.82) is 0 Å². The van der Waals surface area contributed by atoms with Crippen LogP contribution >= 0.6 is 0 Å². The number of halogens is 1. The van der Waals surface area contributed by atoms with Crippen molar-refractivity contribution in [2.75, 3.05) is 13.7 Å². The second kappa shape index (κ2) is 4.23. The van der Waals surface area contributed by atoms with E-state index in [1.54, 1.807) is 19.1 Å². The minimum Gasteiger partial charge on any atom is -0.493 e. The van der Waals surface area contributed by atoms with Gasteiger partial charge in [0.05, 0.1) is 7.11 Å². The number of methoxy groups -OCH3 is 1. The van der Waals surface area contributed by atoms with Crippen molar-refractivity contribution < 1.29 is 14.2 Å². The zero-order valence-electron chi connectivity index (χ0n) is 7.80. The molecule has 0 amide bonds. The summed E-state index contributed by atoms with van der Waals surface area (Å²) in [5.41, 5.74) is 1.26. The zero-order chi connectivity index (χ0) is 9.84. The largest absolute Gasteiger partial charge is 0.493 e. The topological polar surface area (TPSA) is 29.5 Å². The lowest BCUT2D eigenvalue weighted by atomic mass is 10.1. The molecule has 1 rings (SSSR count). The van der Waals surface area contributed by atoms with Crippen molar-refractivity contribution in [3.05, 3.63) is 29.1 Å². The highest BCUT2D eigenvalue weighted by Gasteiger charge is 2.10. The monoisotopic (exact) mass is 184 g/mol. The third-order valence-electron chi connectivity index (χ3n) is 1.96. The Kier molecular flexibility index (Phi) is 3.25. The molecule has 0 aromatic heterocycles. The maximum absolute atomic E-state index is 13.4. The van der Waals surface area contributed by atoms with Gasteiger partial charge < -0.3 is 9.84 Å². The number of aliphatic hydroxyl groups excluding tert-OH is 1. The Hall–Kier alpha value is -1.09. The van der Waals surface area contributed by atoms with Gasteiger partial charge in [-0.2, -0.15) is 0 Å².